The summed E-state index contributed by atoms with van der Waals surface area (Å²) in [5, 5.41) is 3.64. The number of halogens is 1. The predicted molar refractivity (Wildman–Crippen MR) is 103 cm³/mol. The largest absolute Gasteiger partial charge is 0.334 e. The maximum Gasteiger partial charge on any atom is 0.254 e. The van der Waals surface area contributed by atoms with Gasteiger partial charge in [0.2, 0.25) is 0 Å². The molecule has 2 aromatic rings. The van der Waals surface area contributed by atoms with Crippen molar-refractivity contribution in [1.82, 2.24) is 15.2 Å². The number of rotatable bonds is 3. The first-order chi connectivity index (χ1) is 13.1. The summed E-state index contributed by atoms with van der Waals surface area (Å²) in [5.41, 5.74) is 1.96. The molecule has 3 heterocycles. The molecular weight excluding hydrogens is 341 g/mol. The lowest BCUT2D eigenvalue weighted by Gasteiger charge is -2.51. The van der Waals surface area contributed by atoms with Gasteiger partial charge >= 0.3 is 0 Å². The Bertz CT molecular complexity index is 836. The van der Waals surface area contributed by atoms with Crippen molar-refractivity contribution in [3.8, 4) is 0 Å². The number of nitrogens with zero attached hydrogens (tertiary/aromatic N) is 2. The van der Waals surface area contributed by atoms with Crippen LogP contribution in [0.25, 0.3) is 0 Å². The summed E-state index contributed by atoms with van der Waals surface area (Å²) in [6.07, 6.45) is 6.30. The molecule has 4 rings (SSSR count). The van der Waals surface area contributed by atoms with E-state index in [0.29, 0.717) is 23.2 Å². The zero-order valence-electron chi connectivity index (χ0n) is 15.7. The first-order valence-electron chi connectivity index (χ1n) is 9.81. The van der Waals surface area contributed by atoms with Crippen LogP contribution < -0.4 is 5.32 Å². The number of carbonyl (C=O) groups excluding carboxylic acids is 1. The van der Waals surface area contributed by atoms with Crippen molar-refractivity contribution >= 4 is 5.91 Å². The molecule has 2 saturated heterocycles. The molecule has 4 nitrogen and oxygen atoms in total. The van der Waals surface area contributed by atoms with Crippen molar-refractivity contribution in [1.29, 1.82) is 0 Å². The van der Waals surface area contributed by atoms with Crippen LogP contribution in [0.2, 0.25) is 0 Å². The Morgan fingerprint density at radius 3 is 3.04 bits per heavy atom. The Balaban J connectivity index is 1.56. The quantitative estimate of drug-likeness (QED) is 0.902. The second-order valence-electron chi connectivity index (χ2n) is 7.91. The summed E-state index contributed by atoms with van der Waals surface area (Å²) in [7, 11) is 0. The maximum absolute atomic E-state index is 13.9. The van der Waals surface area contributed by atoms with Gasteiger partial charge in [-0.3, -0.25) is 9.78 Å². The highest BCUT2D eigenvalue weighted by Crippen LogP contribution is 2.34. The van der Waals surface area contributed by atoms with Gasteiger partial charge in [0.1, 0.15) is 5.82 Å². The third-order valence-corrected chi connectivity index (χ3v) is 6.04. The second kappa shape index (κ2) is 7.39. The van der Waals surface area contributed by atoms with Gasteiger partial charge in [-0.15, -0.1) is 0 Å². The molecule has 2 aliphatic rings. The number of hydrogen-bond donors (Lipinski definition) is 1. The van der Waals surface area contributed by atoms with Crippen LogP contribution in [-0.2, 0) is 6.42 Å². The molecule has 0 unspecified atom stereocenters. The van der Waals surface area contributed by atoms with Crippen LogP contribution in [-0.4, -0.2) is 40.5 Å². The highest BCUT2D eigenvalue weighted by atomic mass is 19.1. The van der Waals surface area contributed by atoms with Gasteiger partial charge in [0.05, 0.1) is 0 Å². The fraction of sp³-hybridized carbons (Fsp3) is 0.455. The van der Waals surface area contributed by atoms with E-state index in [1.165, 1.54) is 6.07 Å². The summed E-state index contributed by atoms with van der Waals surface area (Å²) in [6.45, 7) is 4.06. The van der Waals surface area contributed by atoms with Gasteiger partial charge < -0.3 is 10.2 Å². The molecule has 1 aromatic carbocycles. The molecule has 1 aromatic heterocycles. The van der Waals surface area contributed by atoms with Crippen LogP contribution in [0.4, 0.5) is 4.39 Å². The van der Waals surface area contributed by atoms with Crippen LogP contribution in [0.5, 0.6) is 0 Å². The Hall–Kier alpha value is -2.27. The van der Waals surface area contributed by atoms with Gasteiger partial charge in [-0.05, 0) is 62.9 Å². The molecule has 5 heteroatoms. The van der Waals surface area contributed by atoms with E-state index in [1.54, 1.807) is 24.4 Å². The molecule has 2 aliphatic heterocycles. The van der Waals surface area contributed by atoms with E-state index >= 15 is 0 Å². The van der Waals surface area contributed by atoms with E-state index < -0.39 is 0 Å². The Morgan fingerprint density at radius 2 is 2.19 bits per heavy atom. The smallest absolute Gasteiger partial charge is 0.254 e. The molecule has 1 amide bonds. The molecule has 0 aliphatic carbocycles. The minimum absolute atomic E-state index is 0.00911. The van der Waals surface area contributed by atoms with E-state index in [1.807, 2.05) is 17.0 Å². The van der Waals surface area contributed by atoms with Crippen LogP contribution in [0.3, 0.4) is 0 Å². The lowest BCUT2D eigenvalue weighted by molar-refractivity contribution is 0.0253. The van der Waals surface area contributed by atoms with Crippen molar-refractivity contribution in [3.63, 3.8) is 0 Å². The number of piperidine rings is 2. The summed E-state index contributed by atoms with van der Waals surface area (Å²) < 4.78 is 13.9. The molecular formula is C22H26FN3O. The van der Waals surface area contributed by atoms with Gasteiger partial charge in [0, 0.05) is 42.0 Å². The summed E-state index contributed by atoms with van der Waals surface area (Å²) in [5.74, 6) is -0.178. The van der Waals surface area contributed by atoms with Crippen molar-refractivity contribution in [2.45, 2.75) is 50.6 Å². The van der Waals surface area contributed by atoms with Crippen molar-refractivity contribution < 1.29 is 9.18 Å². The van der Waals surface area contributed by atoms with E-state index in [0.717, 1.165) is 38.8 Å². The lowest BCUT2D eigenvalue weighted by Crippen LogP contribution is -2.65. The highest BCUT2D eigenvalue weighted by Gasteiger charge is 2.44. The first-order valence-corrected chi connectivity index (χ1v) is 9.81. The number of likely N-dealkylation sites (tertiary alicyclic amines) is 1. The van der Waals surface area contributed by atoms with Gasteiger partial charge in [-0.25, -0.2) is 4.39 Å². The molecule has 142 valence electrons. The number of hydrogen-bond acceptors (Lipinski definition) is 3. The number of fused-ring (bicyclic) bond motifs is 1. The molecule has 0 saturated carbocycles. The van der Waals surface area contributed by atoms with Crippen molar-refractivity contribution in [2.24, 2.45) is 0 Å². The van der Waals surface area contributed by atoms with Crippen LogP contribution in [0, 0.1) is 5.82 Å². The van der Waals surface area contributed by atoms with Crippen LogP contribution in [0.15, 0.2) is 42.6 Å². The molecule has 0 spiro atoms. The number of nitrogens with one attached hydrogen (secondary N) is 1. The topological polar surface area (TPSA) is 45.2 Å². The molecule has 0 radical (unpaired) electrons. The third kappa shape index (κ3) is 3.61. The zero-order chi connectivity index (χ0) is 18.9. The molecule has 27 heavy (non-hydrogen) atoms. The monoisotopic (exact) mass is 367 g/mol. The van der Waals surface area contributed by atoms with E-state index in [-0.39, 0.29) is 23.3 Å². The second-order valence-corrected chi connectivity index (χ2v) is 7.91. The maximum atomic E-state index is 13.9. The minimum Gasteiger partial charge on any atom is -0.334 e. The fourth-order valence-corrected chi connectivity index (χ4v) is 4.59. The number of pyridine rings is 1. The number of carbonyl (C=O) groups is 1. The fourth-order valence-electron chi connectivity index (χ4n) is 4.59. The van der Waals surface area contributed by atoms with E-state index in [9.17, 15) is 9.18 Å². The minimum atomic E-state index is -0.240. The predicted octanol–water partition coefficient (Wildman–Crippen LogP) is 3.56. The number of amides is 1. The Morgan fingerprint density at radius 1 is 1.33 bits per heavy atom. The highest BCUT2D eigenvalue weighted by molar-refractivity contribution is 5.94. The van der Waals surface area contributed by atoms with Crippen LogP contribution >= 0.6 is 0 Å². The lowest BCUT2D eigenvalue weighted by atomic mass is 9.77. The third-order valence-electron chi connectivity index (χ3n) is 6.04. The average molecular weight is 367 g/mol. The summed E-state index contributed by atoms with van der Waals surface area (Å²) >= 11 is 0. The summed E-state index contributed by atoms with van der Waals surface area (Å²) in [6, 6.07) is 10.5. The normalized spacial score (nSPS) is 25.1. The SMILES string of the molecule is C[C@]12CCCN(C(=O)c3ccnc(Cc4ccccc4F)c3)[C@@H]1CCCN2. The Kier molecular flexibility index (Phi) is 4.96. The van der Waals surface area contributed by atoms with Gasteiger partial charge in [-0.1, -0.05) is 18.2 Å². The van der Waals surface area contributed by atoms with E-state index in [2.05, 4.69) is 17.2 Å². The van der Waals surface area contributed by atoms with Crippen LogP contribution in [0.1, 0.15) is 54.2 Å². The molecule has 2 fully saturated rings. The molecule has 2 atom stereocenters. The van der Waals surface area contributed by atoms with Gasteiger partial charge in [-0.2, -0.15) is 0 Å². The number of benzene rings is 1. The molecule has 0 bridgehead atoms. The van der Waals surface area contributed by atoms with Gasteiger partial charge in [0.25, 0.3) is 5.91 Å². The van der Waals surface area contributed by atoms with Gasteiger partial charge in [0.15, 0.2) is 0 Å². The standard InChI is InChI=1S/C22H26FN3O/c1-22-10-5-13-26(20(22)8-4-11-25-22)21(27)17-9-12-24-18(15-17)14-16-6-2-3-7-19(16)23/h2-3,6-7,9,12,15,20,25H,4-5,8,10-11,13-14H2,1H3/t20-,22+/m1/s1. The summed E-state index contributed by atoms with van der Waals surface area (Å²) in [4.78, 5) is 19.7. The van der Waals surface area contributed by atoms with E-state index in [4.69, 9.17) is 0 Å². The van der Waals surface area contributed by atoms with Crippen molar-refractivity contribution in [2.75, 3.05) is 13.1 Å². The Labute approximate surface area is 159 Å². The molecule has 1 N–H and O–H groups in total. The first kappa shape index (κ1) is 18.1. The van der Waals surface area contributed by atoms with Crippen molar-refractivity contribution in [3.05, 3.63) is 65.2 Å². The number of aromatic nitrogens is 1. The average Bonchev–Trinajstić information content (AvgIpc) is 2.68. The zero-order valence-corrected chi connectivity index (χ0v) is 15.7.